The predicted octanol–water partition coefficient (Wildman–Crippen LogP) is 3.10. The highest BCUT2D eigenvalue weighted by Gasteiger charge is 2.17. The smallest absolute Gasteiger partial charge is 0.233 e. The molecular formula is C18H23N3O2S. The van der Waals surface area contributed by atoms with Gasteiger partial charge in [-0.05, 0) is 50.5 Å². The molecule has 0 aliphatic heterocycles. The Hall–Kier alpha value is -2.08. The van der Waals surface area contributed by atoms with Crippen molar-refractivity contribution in [1.82, 2.24) is 15.3 Å². The van der Waals surface area contributed by atoms with Crippen LogP contribution in [0.15, 0.2) is 47.9 Å². The highest BCUT2D eigenvalue weighted by Crippen LogP contribution is 2.18. The fraction of sp³-hybridized carbons (Fsp3) is 0.389. The Morgan fingerprint density at radius 3 is 2.50 bits per heavy atom. The van der Waals surface area contributed by atoms with E-state index in [9.17, 15) is 4.79 Å². The van der Waals surface area contributed by atoms with E-state index in [0.717, 1.165) is 18.6 Å². The number of aromatic nitrogens is 2. The van der Waals surface area contributed by atoms with Crippen molar-refractivity contribution in [3.63, 3.8) is 0 Å². The molecule has 0 bridgehead atoms. The third kappa shape index (κ3) is 5.85. The number of carbonyl (C=O) groups is 1. The van der Waals surface area contributed by atoms with Crippen molar-refractivity contribution in [2.75, 3.05) is 7.11 Å². The molecule has 2 atom stereocenters. The number of benzene rings is 1. The first-order valence-corrected chi connectivity index (χ1v) is 8.83. The molecule has 0 fully saturated rings. The summed E-state index contributed by atoms with van der Waals surface area (Å²) >= 11 is 1.36. The number of aryl methyl sites for hydroxylation is 1. The standard InChI is InChI=1S/C18H23N3O2S/c1-13(5-6-15-7-9-16(23-3)10-8-15)21-17(22)14(2)24-18-19-11-4-12-20-18/h4,7-14H,5-6H2,1-3H3,(H,21,22). The molecule has 128 valence electrons. The lowest BCUT2D eigenvalue weighted by atomic mass is 10.1. The van der Waals surface area contributed by atoms with Crippen LogP contribution < -0.4 is 10.1 Å². The largest absolute Gasteiger partial charge is 0.497 e. The molecule has 6 heteroatoms. The van der Waals surface area contributed by atoms with Crippen molar-refractivity contribution in [3.8, 4) is 5.75 Å². The van der Waals surface area contributed by atoms with Crippen LogP contribution in [0.5, 0.6) is 5.75 Å². The number of carbonyl (C=O) groups excluding carboxylic acids is 1. The maximum atomic E-state index is 12.2. The molecule has 1 aromatic carbocycles. The second-order valence-electron chi connectivity index (χ2n) is 5.59. The van der Waals surface area contributed by atoms with Gasteiger partial charge in [-0.1, -0.05) is 23.9 Å². The Morgan fingerprint density at radius 1 is 1.21 bits per heavy atom. The monoisotopic (exact) mass is 345 g/mol. The van der Waals surface area contributed by atoms with Crippen molar-refractivity contribution in [2.45, 2.75) is 43.1 Å². The number of rotatable bonds is 8. The van der Waals surface area contributed by atoms with Gasteiger partial charge in [0.15, 0.2) is 5.16 Å². The summed E-state index contributed by atoms with van der Waals surface area (Å²) in [6.45, 7) is 3.89. The Labute approximate surface area is 147 Å². The van der Waals surface area contributed by atoms with E-state index in [1.165, 1.54) is 17.3 Å². The van der Waals surface area contributed by atoms with Gasteiger partial charge in [-0.25, -0.2) is 9.97 Å². The van der Waals surface area contributed by atoms with Crippen LogP contribution in [0.1, 0.15) is 25.8 Å². The summed E-state index contributed by atoms with van der Waals surface area (Å²) in [7, 11) is 1.66. The highest BCUT2D eigenvalue weighted by atomic mass is 32.2. The molecule has 2 rings (SSSR count). The SMILES string of the molecule is COc1ccc(CCC(C)NC(=O)C(C)Sc2ncccn2)cc1. The molecular weight excluding hydrogens is 322 g/mol. The topological polar surface area (TPSA) is 64.1 Å². The molecule has 0 spiro atoms. The van der Waals surface area contributed by atoms with Gasteiger partial charge in [-0.2, -0.15) is 0 Å². The maximum absolute atomic E-state index is 12.2. The van der Waals surface area contributed by atoms with Crippen LogP contribution in [0.2, 0.25) is 0 Å². The highest BCUT2D eigenvalue weighted by molar-refractivity contribution is 8.00. The van der Waals surface area contributed by atoms with E-state index in [-0.39, 0.29) is 17.2 Å². The molecule has 1 heterocycles. The molecule has 0 saturated carbocycles. The number of ether oxygens (including phenoxy) is 1. The first kappa shape index (κ1) is 18.3. The first-order chi connectivity index (χ1) is 11.6. The van der Waals surface area contributed by atoms with Crippen molar-refractivity contribution in [1.29, 1.82) is 0 Å². The fourth-order valence-electron chi connectivity index (χ4n) is 2.17. The molecule has 1 N–H and O–H groups in total. The van der Waals surface area contributed by atoms with Gasteiger partial charge in [0.1, 0.15) is 5.75 Å². The molecule has 2 unspecified atom stereocenters. The molecule has 24 heavy (non-hydrogen) atoms. The van der Waals surface area contributed by atoms with E-state index < -0.39 is 0 Å². The average molecular weight is 345 g/mol. The summed E-state index contributed by atoms with van der Waals surface area (Å²) in [4.78, 5) is 20.5. The van der Waals surface area contributed by atoms with Crippen LogP contribution in [0.3, 0.4) is 0 Å². The average Bonchev–Trinajstić information content (AvgIpc) is 2.61. The third-order valence-electron chi connectivity index (χ3n) is 3.61. The second-order valence-corrected chi connectivity index (χ2v) is 6.90. The van der Waals surface area contributed by atoms with Gasteiger partial charge in [0.05, 0.1) is 12.4 Å². The lowest BCUT2D eigenvalue weighted by Gasteiger charge is -2.17. The number of amides is 1. The summed E-state index contributed by atoms with van der Waals surface area (Å²) in [6, 6.07) is 9.89. The maximum Gasteiger partial charge on any atom is 0.233 e. The van der Waals surface area contributed by atoms with Crippen LogP contribution in [0.4, 0.5) is 0 Å². The number of hydrogen-bond acceptors (Lipinski definition) is 5. The summed E-state index contributed by atoms with van der Waals surface area (Å²) < 4.78 is 5.15. The van der Waals surface area contributed by atoms with Crippen LogP contribution in [-0.4, -0.2) is 34.3 Å². The van der Waals surface area contributed by atoms with E-state index >= 15 is 0 Å². The molecule has 0 aliphatic rings. The number of nitrogens with zero attached hydrogens (tertiary/aromatic N) is 2. The lowest BCUT2D eigenvalue weighted by molar-refractivity contribution is -0.120. The lowest BCUT2D eigenvalue weighted by Crippen LogP contribution is -2.37. The first-order valence-electron chi connectivity index (χ1n) is 7.95. The number of methoxy groups -OCH3 is 1. The number of thioether (sulfide) groups is 1. The molecule has 1 amide bonds. The molecule has 1 aromatic heterocycles. The van der Waals surface area contributed by atoms with Gasteiger partial charge < -0.3 is 10.1 Å². The molecule has 2 aromatic rings. The van der Waals surface area contributed by atoms with E-state index in [2.05, 4.69) is 27.4 Å². The van der Waals surface area contributed by atoms with Crippen LogP contribution in [-0.2, 0) is 11.2 Å². The van der Waals surface area contributed by atoms with Gasteiger partial charge in [0.25, 0.3) is 0 Å². The van der Waals surface area contributed by atoms with E-state index in [4.69, 9.17) is 4.74 Å². The van der Waals surface area contributed by atoms with Gasteiger partial charge in [0.2, 0.25) is 5.91 Å². The minimum absolute atomic E-state index is 0.00897. The molecule has 0 radical (unpaired) electrons. The second kappa shape index (κ2) is 9.27. The zero-order valence-electron chi connectivity index (χ0n) is 14.2. The van der Waals surface area contributed by atoms with Crippen LogP contribution in [0.25, 0.3) is 0 Å². The summed E-state index contributed by atoms with van der Waals surface area (Å²) in [5, 5.41) is 3.44. The van der Waals surface area contributed by atoms with Crippen LogP contribution in [0, 0.1) is 0 Å². The zero-order valence-corrected chi connectivity index (χ0v) is 15.0. The van der Waals surface area contributed by atoms with Crippen molar-refractivity contribution >= 4 is 17.7 Å². The van der Waals surface area contributed by atoms with Crippen molar-refractivity contribution in [2.24, 2.45) is 0 Å². The molecule has 0 aliphatic carbocycles. The number of hydrogen-bond donors (Lipinski definition) is 1. The number of nitrogens with one attached hydrogen (secondary N) is 1. The van der Waals surface area contributed by atoms with E-state index in [1.807, 2.05) is 26.0 Å². The summed E-state index contributed by atoms with van der Waals surface area (Å²) in [5.41, 5.74) is 1.23. The summed E-state index contributed by atoms with van der Waals surface area (Å²) in [5.74, 6) is 0.865. The van der Waals surface area contributed by atoms with Crippen molar-refractivity contribution < 1.29 is 9.53 Å². The predicted molar refractivity (Wildman–Crippen MR) is 96.3 cm³/mol. The van der Waals surface area contributed by atoms with Gasteiger partial charge >= 0.3 is 0 Å². The molecule has 0 saturated heterocycles. The van der Waals surface area contributed by atoms with Crippen LogP contribution >= 0.6 is 11.8 Å². The minimum Gasteiger partial charge on any atom is -0.497 e. The summed E-state index contributed by atoms with van der Waals surface area (Å²) in [6.07, 6.45) is 5.15. The van der Waals surface area contributed by atoms with Gasteiger partial charge in [-0.15, -0.1) is 0 Å². The van der Waals surface area contributed by atoms with E-state index in [1.54, 1.807) is 25.6 Å². The third-order valence-corrected chi connectivity index (χ3v) is 4.60. The fourth-order valence-corrected chi connectivity index (χ4v) is 2.90. The normalized spacial score (nSPS) is 13.1. The van der Waals surface area contributed by atoms with Crippen molar-refractivity contribution in [3.05, 3.63) is 48.3 Å². The zero-order chi connectivity index (χ0) is 17.4. The Kier molecular flexibility index (Phi) is 7.06. The minimum atomic E-state index is -0.226. The van der Waals surface area contributed by atoms with Gasteiger partial charge in [0, 0.05) is 18.4 Å². The Balaban J connectivity index is 1.76. The Morgan fingerprint density at radius 2 is 1.88 bits per heavy atom. The Bertz CT molecular complexity index is 634. The van der Waals surface area contributed by atoms with E-state index in [0.29, 0.717) is 5.16 Å². The molecule has 5 nitrogen and oxygen atoms in total. The van der Waals surface area contributed by atoms with Gasteiger partial charge in [-0.3, -0.25) is 4.79 Å². The quantitative estimate of drug-likeness (QED) is 0.588.